The predicted molar refractivity (Wildman–Crippen MR) is 118 cm³/mol. The minimum Gasteiger partial charge on any atom is -0.369 e. The number of nitrogens with one attached hydrogen (secondary N) is 1. The van der Waals surface area contributed by atoms with Crippen LogP contribution in [0.5, 0.6) is 0 Å². The zero-order valence-corrected chi connectivity index (χ0v) is 17.2. The molecule has 160 valence electrons. The smallest absolute Gasteiger partial charge is 0.251 e. The Balaban J connectivity index is 1.31. The first-order chi connectivity index (χ1) is 15.1. The van der Waals surface area contributed by atoms with Crippen LogP contribution in [0.15, 0.2) is 72.8 Å². The van der Waals surface area contributed by atoms with Gasteiger partial charge in [0.1, 0.15) is 11.6 Å². The summed E-state index contributed by atoms with van der Waals surface area (Å²) >= 11 is 0. The number of hydrogen-bond acceptors (Lipinski definition) is 3. The second kappa shape index (κ2) is 9.71. The first-order valence-electron chi connectivity index (χ1n) is 10.4. The summed E-state index contributed by atoms with van der Waals surface area (Å²) in [6.45, 7) is 4.43. The Hall–Kier alpha value is -3.25. The lowest BCUT2D eigenvalue weighted by molar-refractivity contribution is 0.0950. The van der Waals surface area contributed by atoms with Gasteiger partial charge in [-0.3, -0.25) is 9.69 Å². The van der Waals surface area contributed by atoms with Gasteiger partial charge >= 0.3 is 0 Å². The quantitative estimate of drug-likeness (QED) is 0.648. The van der Waals surface area contributed by atoms with Crippen LogP contribution in [0.4, 0.5) is 14.5 Å². The summed E-state index contributed by atoms with van der Waals surface area (Å²) in [5.74, 6) is -0.761. The highest BCUT2D eigenvalue weighted by molar-refractivity contribution is 5.94. The summed E-state index contributed by atoms with van der Waals surface area (Å²) in [7, 11) is 0. The Bertz CT molecular complexity index is 1030. The molecule has 4 nitrogen and oxygen atoms in total. The van der Waals surface area contributed by atoms with Crippen LogP contribution in [0.1, 0.15) is 21.5 Å². The van der Waals surface area contributed by atoms with Crippen molar-refractivity contribution in [2.24, 2.45) is 0 Å². The molecule has 1 amide bonds. The molecule has 3 aromatic rings. The molecule has 1 N–H and O–H groups in total. The Morgan fingerprint density at radius 1 is 0.871 bits per heavy atom. The van der Waals surface area contributed by atoms with Crippen molar-refractivity contribution in [3.63, 3.8) is 0 Å². The highest BCUT2D eigenvalue weighted by Gasteiger charge is 2.18. The van der Waals surface area contributed by atoms with Gasteiger partial charge in [0.2, 0.25) is 0 Å². The number of amides is 1. The molecular formula is C25H25F2N3O. The normalized spacial score (nSPS) is 14.5. The molecule has 0 radical (unpaired) electrons. The SMILES string of the molecule is O=C(NCc1ccccc1F)c1cccc(CN2CCN(c3ccc(F)cc3)CC2)c1. The monoisotopic (exact) mass is 421 g/mol. The largest absolute Gasteiger partial charge is 0.369 e. The summed E-state index contributed by atoms with van der Waals surface area (Å²) in [6, 6.07) is 20.6. The molecule has 0 aliphatic carbocycles. The summed E-state index contributed by atoms with van der Waals surface area (Å²) in [5, 5.41) is 2.79. The van der Waals surface area contributed by atoms with Crippen LogP contribution in [0.3, 0.4) is 0 Å². The molecule has 1 heterocycles. The molecule has 6 heteroatoms. The van der Waals surface area contributed by atoms with Gasteiger partial charge < -0.3 is 10.2 Å². The van der Waals surface area contributed by atoms with Gasteiger partial charge in [-0.25, -0.2) is 8.78 Å². The predicted octanol–water partition coefficient (Wildman–Crippen LogP) is 4.22. The molecule has 1 saturated heterocycles. The van der Waals surface area contributed by atoms with Gasteiger partial charge in [-0.05, 0) is 48.0 Å². The lowest BCUT2D eigenvalue weighted by atomic mass is 10.1. The number of piperazine rings is 1. The van der Waals surface area contributed by atoms with Crippen molar-refractivity contribution in [1.82, 2.24) is 10.2 Å². The highest BCUT2D eigenvalue weighted by atomic mass is 19.1. The Kier molecular flexibility index (Phi) is 6.57. The minimum absolute atomic E-state index is 0.154. The fraction of sp³-hybridized carbons (Fsp3) is 0.240. The second-order valence-electron chi connectivity index (χ2n) is 7.71. The maximum absolute atomic E-state index is 13.7. The van der Waals surface area contributed by atoms with Crippen LogP contribution in [0.2, 0.25) is 0 Å². The number of carbonyl (C=O) groups is 1. The average Bonchev–Trinajstić information content (AvgIpc) is 2.80. The number of carbonyl (C=O) groups excluding carboxylic acids is 1. The maximum atomic E-state index is 13.7. The zero-order chi connectivity index (χ0) is 21.6. The standard InChI is InChI=1S/C25H25F2N3O/c26-22-8-10-23(11-9-22)30-14-12-29(13-15-30)18-19-4-3-6-20(16-19)25(31)28-17-21-5-1-2-7-24(21)27/h1-11,16H,12-15,17-18H2,(H,28,31). The molecule has 0 atom stereocenters. The van der Waals surface area contributed by atoms with Gasteiger partial charge in [0, 0.05) is 56.1 Å². The molecular weight excluding hydrogens is 396 g/mol. The Labute approximate surface area is 181 Å². The van der Waals surface area contributed by atoms with Gasteiger partial charge in [-0.1, -0.05) is 30.3 Å². The van der Waals surface area contributed by atoms with Crippen LogP contribution >= 0.6 is 0 Å². The summed E-state index contributed by atoms with van der Waals surface area (Å²) in [5.41, 5.74) is 3.13. The summed E-state index contributed by atoms with van der Waals surface area (Å²) in [4.78, 5) is 17.1. The number of rotatable bonds is 6. The molecule has 0 spiro atoms. The van der Waals surface area contributed by atoms with Gasteiger partial charge in [-0.15, -0.1) is 0 Å². The van der Waals surface area contributed by atoms with Crippen molar-refractivity contribution in [2.75, 3.05) is 31.1 Å². The van der Waals surface area contributed by atoms with E-state index in [-0.39, 0.29) is 24.1 Å². The number of hydrogen-bond donors (Lipinski definition) is 1. The summed E-state index contributed by atoms with van der Waals surface area (Å²) in [6.07, 6.45) is 0. The molecule has 0 unspecified atom stereocenters. The van der Waals surface area contributed by atoms with E-state index in [4.69, 9.17) is 0 Å². The van der Waals surface area contributed by atoms with Crippen LogP contribution in [0.25, 0.3) is 0 Å². The Morgan fingerprint density at radius 3 is 2.35 bits per heavy atom. The van der Waals surface area contributed by atoms with Gasteiger partial charge in [0.15, 0.2) is 0 Å². The number of benzene rings is 3. The third-order valence-corrected chi connectivity index (χ3v) is 5.56. The first kappa shape index (κ1) is 21.0. The minimum atomic E-state index is -0.323. The maximum Gasteiger partial charge on any atom is 0.251 e. The fourth-order valence-corrected chi connectivity index (χ4v) is 3.80. The van der Waals surface area contributed by atoms with E-state index in [0.29, 0.717) is 11.1 Å². The van der Waals surface area contributed by atoms with E-state index < -0.39 is 0 Å². The topological polar surface area (TPSA) is 35.6 Å². The van der Waals surface area contributed by atoms with E-state index in [1.54, 1.807) is 24.3 Å². The second-order valence-corrected chi connectivity index (χ2v) is 7.71. The molecule has 4 rings (SSSR count). The molecule has 1 fully saturated rings. The lowest BCUT2D eigenvalue weighted by Gasteiger charge is -2.36. The first-order valence-corrected chi connectivity index (χ1v) is 10.4. The van der Waals surface area contributed by atoms with E-state index in [9.17, 15) is 13.6 Å². The van der Waals surface area contributed by atoms with Crippen molar-refractivity contribution < 1.29 is 13.6 Å². The molecule has 0 bridgehead atoms. The number of nitrogens with zero attached hydrogens (tertiary/aromatic N) is 2. The zero-order valence-electron chi connectivity index (χ0n) is 17.2. The van der Waals surface area contributed by atoms with Gasteiger partial charge in [-0.2, -0.15) is 0 Å². The van der Waals surface area contributed by atoms with E-state index in [1.165, 1.54) is 18.2 Å². The number of halogens is 2. The van der Waals surface area contributed by atoms with Gasteiger partial charge in [0.25, 0.3) is 5.91 Å². The molecule has 3 aromatic carbocycles. The van der Waals surface area contributed by atoms with Gasteiger partial charge in [0.05, 0.1) is 0 Å². The fourth-order valence-electron chi connectivity index (χ4n) is 3.80. The molecule has 1 aliphatic rings. The van der Waals surface area contributed by atoms with Crippen LogP contribution in [-0.2, 0) is 13.1 Å². The molecule has 1 aliphatic heterocycles. The van der Waals surface area contributed by atoms with E-state index in [2.05, 4.69) is 15.1 Å². The van der Waals surface area contributed by atoms with Crippen molar-refractivity contribution in [3.05, 3.63) is 101 Å². The van der Waals surface area contributed by atoms with Crippen LogP contribution in [-0.4, -0.2) is 37.0 Å². The third kappa shape index (κ3) is 5.47. The van der Waals surface area contributed by atoms with E-state index >= 15 is 0 Å². The van der Waals surface area contributed by atoms with Crippen molar-refractivity contribution >= 4 is 11.6 Å². The van der Waals surface area contributed by atoms with Crippen LogP contribution in [0, 0.1) is 11.6 Å². The Morgan fingerprint density at radius 2 is 1.61 bits per heavy atom. The third-order valence-electron chi connectivity index (χ3n) is 5.56. The molecule has 31 heavy (non-hydrogen) atoms. The van der Waals surface area contributed by atoms with E-state index in [1.807, 2.05) is 30.3 Å². The highest BCUT2D eigenvalue weighted by Crippen LogP contribution is 2.18. The molecule has 0 aromatic heterocycles. The lowest BCUT2D eigenvalue weighted by Crippen LogP contribution is -2.46. The average molecular weight is 421 g/mol. The number of anilines is 1. The molecule has 0 saturated carbocycles. The van der Waals surface area contributed by atoms with Crippen molar-refractivity contribution in [3.8, 4) is 0 Å². The van der Waals surface area contributed by atoms with Crippen molar-refractivity contribution in [2.45, 2.75) is 13.1 Å². The summed E-state index contributed by atoms with van der Waals surface area (Å²) < 4.78 is 26.9. The van der Waals surface area contributed by atoms with Crippen molar-refractivity contribution in [1.29, 1.82) is 0 Å². The van der Waals surface area contributed by atoms with E-state index in [0.717, 1.165) is 44.0 Å². The van der Waals surface area contributed by atoms with Crippen LogP contribution < -0.4 is 10.2 Å².